The number of carbonyl (C=O) groups is 1. The first-order chi connectivity index (χ1) is 13.1. The van der Waals surface area contributed by atoms with Crippen LogP contribution in [0.5, 0.6) is 0 Å². The number of carbonyl (C=O) groups excluding carboxylic acids is 1. The van der Waals surface area contributed by atoms with Gasteiger partial charge in [-0.2, -0.15) is 0 Å². The van der Waals surface area contributed by atoms with Gasteiger partial charge in [-0.25, -0.2) is 17.9 Å². The Bertz CT molecular complexity index is 650. The molecule has 0 heterocycles. The average Bonchev–Trinajstić information content (AvgIpc) is 2.52. The van der Waals surface area contributed by atoms with Crippen molar-refractivity contribution in [3.05, 3.63) is 0 Å². The molecule has 0 aromatic carbocycles. The number of aliphatic imine (C=N–C) groups is 1. The summed E-state index contributed by atoms with van der Waals surface area (Å²) in [5.74, 6) is 0.549. The molecule has 0 bridgehead atoms. The van der Waals surface area contributed by atoms with Crippen LogP contribution in [0.1, 0.15) is 68.2 Å². The Morgan fingerprint density at radius 1 is 1.00 bits per heavy atom. The van der Waals surface area contributed by atoms with Gasteiger partial charge in [-0.1, -0.05) is 13.8 Å². The quantitative estimate of drug-likeness (QED) is 0.307. The zero-order chi connectivity index (χ0) is 22.9. The van der Waals surface area contributed by atoms with Gasteiger partial charge in [0.2, 0.25) is 10.0 Å². The molecule has 0 aliphatic heterocycles. The highest BCUT2D eigenvalue weighted by Gasteiger charge is 2.31. The van der Waals surface area contributed by atoms with Gasteiger partial charge in [-0.15, -0.1) is 0 Å². The standard InChI is InChI=1S/C19H41N5O4S/c1-10-19(11-2,23-16(25)28-17(4,5)6)14-22-15(20-12-3)21-13-18(7,8)24-29(9,26)27/h24H,10-14H2,1-9H3,(H,23,25)(H2,20,21,22). The first kappa shape index (κ1) is 27.5. The van der Waals surface area contributed by atoms with Crippen molar-refractivity contribution in [3.63, 3.8) is 0 Å². The number of alkyl carbamates (subject to hydrolysis) is 1. The van der Waals surface area contributed by atoms with Gasteiger partial charge in [-0.05, 0) is 54.4 Å². The highest BCUT2D eigenvalue weighted by atomic mass is 32.2. The fourth-order valence-corrected chi connectivity index (χ4v) is 3.71. The van der Waals surface area contributed by atoms with Crippen molar-refractivity contribution in [2.45, 2.75) is 84.9 Å². The number of sulfonamides is 1. The summed E-state index contributed by atoms with van der Waals surface area (Å²) in [5.41, 5.74) is -1.80. The van der Waals surface area contributed by atoms with E-state index in [4.69, 9.17) is 4.74 Å². The molecule has 172 valence electrons. The largest absolute Gasteiger partial charge is 0.444 e. The number of hydrogen-bond acceptors (Lipinski definition) is 5. The van der Waals surface area contributed by atoms with Gasteiger partial charge in [0.1, 0.15) is 5.60 Å². The Kier molecular flexibility index (Phi) is 10.4. The predicted octanol–water partition coefficient (Wildman–Crippen LogP) is 1.95. The molecule has 4 N–H and O–H groups in total. The van der Waals surface area contributed by atoms with E-state index in [1.807, 2.05) is 41.5 Å². The third-order valence-corrected chi connectivity index (χ3v) is 5.08. The van der Waals surface area contributed by atoms with Crippen LogP contribution in [0.25, 0.3) is 0 Å². The molecule has 0 fully saturated rings. The summed E-state index contributed by atoms with van der Waals surface area (Å²) < 4.78 is 31.0. The maximum Gasteiger partial charge on any atom is 0.408 e. The second-order valence-electron chi connectivity index (χ2n) is 8.92. The number of ether oxygens (including phenoxy) is 1. The fraction of sp³-hybridized carbons (Fsp3) is 0.895. The molecular weight excluding hydrogens is 394 g/mol. The average molecular weight is 436 g/mol. The van der Waals surface area contributed by atoms with E-state index in [-0.39, 0.29) is 6.54 Å². The van der Waals surface area contributed by atoms with Crippen LogP contribution in [0, 0.1) is 0 Å². The molecular formula is C19H41N5O4S. The van der Waals surface area contributed by atoms with E-state index in [0.717, 1.165) is 6.26 Å². The first-order valence-corrected chi connectivity index (χ1v) is 12.0. The monoisotopic (exact) mass is 435 g/mol. The van der Waals surface area contributed by atoms with E-state index in [1.54, 1.807) is 13.8 Å². The molecule has 10 heteroatoms. The lowest BCUT2D eigenvalue weighted by Gasteiger charge is -2.34. The van der Waals surface area contributed by atoms with Crippen molar-refractivity contribution in [2.75, 3.05) is 25.9 Å². The first-order valence-electron chi connectivity index (χ1n) is 10.1. The van der Waals surface area contributed by atoms with Crippen LogP contribution < -0.4 is 20.7 Å². The Morgan fingerprint density at radius 3 is 1.97 bits per heavy atom. The van der Waals surface area contributed by atoms with E-state index in [0.29, 0.717) is 31.9 Å². The lowest BCUT2D eigenvalue weighted by Crippen LogP contribution is -2.57. The fourth-order valence-electron chi connectivity index (χ4n) is 2.65. The zero-order valence-corrected chi connectivity index (χ0v) is 20.3. The van der Waals surface area contributed by atoms with E-state index in [1.165, 1.54) is 0 Å². The molecule has 0 unspecified atom stereocenters. The van der Waals surface area contributed by atoms with Crippen molar-refractivity contribution in [1.82, 2.24) is 20.7 Å². The molecule has 0 aromatic heterocycles. The molecule has 0 saturated heterocycles. The minimum Gasteiger partial charge on any atom is -0.444 e. The van der Waals surface area contributed by atoms with Crippen LogP contribution in [-0.4, -0.2) is 63.0 Å². The van der Waals surface area contributed by atoms with Crippen LogP contribution in [0.2, 0.25) is 0 Å². The van der Waals surface area contributed by atoms with Crippen LogP contribution in [0.15, 0.2) is 4.99 Å². The molecule has 0 aromatic rings. The van der Waals surface area contributed by atoms with E-state index in [2.05, 4.69) is 25.7 Å². The van der Waals surface area contributed by atoms with E-state index >= 15 is 0 Å². The van der Waals surface area contributed by atoms with Crippen molar-refractivity contribution in [2.24, 2.45) is 4.99 Å². The van der Waals surface area contributed by atoms with Crippen molar-refractivity contribution in [3.8, 4) is 0 Å². The topological polar surface area (TPSA) is 121 Å². The van der Waals surface area contributed by atoms with Crippen LogP contribution >= 0.6 is 0 Å². The molecule has 29 heavy (non-hydrogen) atoms. The van der Waals surface area contributed by atoms with Gasteiger partial charge >= 0.3 is 6.09 Å². The van der Waals surface area contributed by atoms with Crippen LogP contribution in [0.4, 0.5) is 4.79 Å². The summed E-state index contributed by atoms with van der Waals surface area (Å²) >= 11 is 0. The van der Waals surface area contributed by atoms with Crippen molar-refractivity contribution >= 4 is 22.1 Å². The second-order valence-corrected chi connectivity index (χ2v) is 10.7. The summed E-state index contributed by atoms with van der Waals surface area (Å²) in [5, 5.41) is 9.40. The molecule has 0 rings (SSSR count). The Labute approximate surface area is 176 Å². The summed E-state index contributed by atoms with van der Waals surface area (Å²) in [4.78, 5) is 16.8. The van der Waals surface area contributed by atoms with Gasteiger partial charge < -0.3 is 20.7 Å². The SMILES string of the molecule is CCNC(=NCC(C)(C)NS(C)(=O)=O)NCC(CC)(CC)NC(=O)OC(C)(C)C. The molecule has 0 spiro atoms. The lowest BCUT2D eigenvalue weighted by atomic mass is 9.93. The number of amides is 1. The molecule has 0 radical (unpaired) electrons. The smallest absolute Gasteiger partial charge is 0.408 e. The minimum absolute atomic E-state index is 0.250. The van der Waals surface area contributed by atoms with E-state index < -0.39 is 32.8 Å². The normalized spacial score (nSPS) is 13.8. The molecule has 1 amide bonds. The third-order valence-electron chi connectivity index (χ3n) is 4.15. The minimum atomic E-state index is -3.34. The Hall–Kier alpha value is -1.55. The maximum atomic E-state index is 12.3. The van der Waals surface area contributed by atoms with Crippen LogP contribution in [-0.2, 0) is 14.8 Å². The third kappa shape index (κ3) is 12.6. The number of guanidine groups is 1. The highest BCUT2D eigenvalue weighted by Crippen LogP contribution is 2.16. The zero-order valence-electron chi connectivity index (χ0n) is 19.5. The van der Waals surface area contributed by atoms with Crippen LogP contribution in [0.3, 0.4) is 0 Å². The number of nitrogens with zero attached hydrogens (tertiary/aromatic N) is 1. The molecule has 9 nitrogen and oxygen atoms in total. The van der Waals surface area contributed by atoms with Gasteiger partial charge in [-0.3, -0.25) is 4.99 Å². The van der Waals surface area contributed by atoms with Gasteiger partial charge in [0.15, 0.2) is 5.96 Å². The van der Waals surface area contributed by atoms with Gasteiger partial charge in [0.05, 0.1) is 18.3 Å². The van der Waals surface area contributed by atoms with E-state index in [9.17, 15) is 13.2 Å². The molecule has 0 atom stereocenters. The van der Waals surface area contributed by atoms with Crippen molar-refractivity contribution < 1.29 is 17.9 Å². The Balaban J connectivity index is 5.22. The Morgan fingerprint density at radius 2 is 1.55 bits per heavy atom. The predicted molar refractivity (Wildman–Crippen MR) is 119 cm³/mol. The summed E-state index contributed by atoms with van der Waals surface area (Å²) in [6, 6.07) is 0. The second kappa shape index (κ2) is 11.0. The van der Waals surface area contributed by atoms with Gasteiger partial charge in [0.25, 0.3) is 0 Å². The van der Waals surface area contributed by atoms with Crippen molar-refractivity contribution in [1.29, 1.82) is 0 Å². The molecule has 0 aliphatic rings. The number of hydrogen-bond donors (Lipinski definition) is 4. The number of rotatable bonds is 10. The highest BCUT2D eigenvalue weighted by molar-refractivity contribution is 7.88. The lowest BCUT2D eigenvalue weighted by molar-refractivity contribution is 0.0448. The summed E-state index contributed by atoms with van der Waals surface area (Å²) in [6.07, 6.45) is 2.08. The number of nitrogens with one attached hydrogen (secondary N) is 4. The molecule has 0 aliphatic carbocycles. The van der Waals surface area contributed by atoms with Gasteiger partial charge in [0, 0.05) is 18.6 Å². The summed E-state index contributed by atoms with van der Waals surface area (Å²) in [6.45, 7) is 16.3. The molecule has 0 saturated carbocycles. The maximum absolute atomic E-state index is 12.3. The summed E-state index contributed by atoms with van der Waals surface area (Å²) in [7, 11) is -3.34.